The third-order valence-corrected chi connectivity index (χ3v) is 5.29. The quantitative estimate of drug-likeness (QED) is 0.837. The highest BCUT2D eigenvalue weighted by atomic mass is 16.3. The van der Waals surface area contributed by atoms with E-state index in [1.54, 1.807) is 6.26 Å². The van der Waals surface area contributed by atoms with Gasteiger partial charge in [-0.05, 0) is 74.4 Å². The van der Waals surface area contributed by atoms with Gasteiger partial charge in [0.25, 0.3) is 0 Å². The summed E-state index contributed by atoms with van der Waals surface area (Å²) in [7, 11) is 0. The van der Waals surface area contributed by atoms with Crippen molar-refractivity contribution in [1.82, 2.24) is 10.6 Å². The van der Waals surface area contributed by atoms with Crippen molar-refractivity contribution in [2.75, 3.05) is 19.6 Å². The van der Waals surface area contributed by atoms with Crippen LogP contribution in [-0.4, -0.2) is 25.5 Å². The molecule has 1 atom stereocenters. The minimum absolute atomic E-state index is 0.0816. The van der Waals surface area contributed by atoms with Crippen LogP contribution in [0.15, 0.2) is 22.8 Å². The number of aryl methyl sites for hydroxylation is 1. The van der Waals surface area contributed by atoms with E-state index < -0.39 is 0 Å². The molecule has 1 amide bonds. The Morgan fingerprint density at radius 2 is 2.24 bits per heavy atom. The summed E-state index contributed by atoms with van der Waals surface area (Å²) < 4.78 is 5.68. The number of nitrogens with one attached hydrogen (secondary N) is 2. The lowest BCUT2D eigenvalue weighted by Crippen LogP contribution is -2.33. The van der Waals surface area contributed by atoms with E-state index >= 15 is 0 Å². The van der Waals surface area contributed by atoms with Gasteiger partial charge in [0.05, 0.1) is 12.7 Å². The summed E-state index contributed by atoms with van der Waals surface area (Å²) in [5.74, 6) is 1.24. The van der Waals surface area contributed by atoms with Crippen LogP contribution >= 0.6 is 0 Å². The van der Waals surface area contributed by atoms with Gasteiger partial charge in [-0.1, -0.05) is 13.8 Å². The average Bonchev–Trinajstić information content (AvgIpc) is 2.96. The summed E-state index contributed by atoms with van der Waals surface area (Å²) in [6.45, 7) is 9.48. The minimum atomic E-state index is 0.0816. The maximum absolute atomic E-state index is 12.3. The number of furan rings is 1. The Labute approximate surface area is 150 Å². The van der Waals surface area contributed by atoms with Gasteiger partial charge in [-0.15, -0.1) is 0 Å². The molecule has 1 fully saturated rings. The first-order valence-corrected chi connectivity index (χ1v) is 9.52. The molecule has 0 aliphatic carbocycles. The standard InChI is InChI=1S/C21H30N2O2/c1-14(2)18-11-19-17(13-25-20(19)9-15(18)3)10-21(24)23-8-6-16-5-4-7-22-12-16/h9,11,13-14,16,22H,4-8,10,12H2,1-3H3,(H,23,24). The van der Waals surface area contributed by atoms with Crippen LogP contribution < -0.4 is 10.6 Å². The van der Waals surface area contributed by atoms with Crippen LogP contribution in [0, 0.1) is 12.8 Å². The van der Waals surface area contributed by atoms with Crippen LogP contribution in [0.2, 0.25) is 0 Å². The van der Waals surface area contributed by atoms with E-state index in [9.17, 15) is 4.79 Å². The molecule has 1 unspecified atom stereocenters. The van der Waals surface area contributed by atoms with E-state index in [1.165, 1.54) is 24.0 Å². The van der Waals surface area contributed by atoms with Gasteiger partial charge in [-0.2, -0.15) is 0 Å². The molecule has 0 radical (unpaired) electrons. The first-order valence-electron chi connectivity index (χ1n) is 9.52. The second-order valence-corrected chi connectivity index (χ2v) is 7.65. The van der Waals surface area contributed by atoms with Crippen molar-refractivity contribution in [3.05, 3.63) is 35.1 Å². The molecule has 2 N–H and O–H groups in total. The van der Waals surface area contributed by atoms with Crippen molar-refractivity contribution in [1.29, 1.82) is 0 Å². The van der Waals surface area contributed by atoms with Crippen LogP contribution in [-0.2, 0) is 11.2 Å². The molecule has 136 valence electrons. The fourth-order valence-electron chi connectivity index (χ4n) is 3.83. The molecule has 2 aromatic rings. The summed E-state index contributed by atoms with van der Waals surface area (Å²) in [6, 6.07) is 4.28. The van der Waals surface area contributed by atoms with Crippen molar-refractivity contribution in [2.24, 2.45) is 5.92 Å². The Kier molecular flexibility index (Phi) is 5.79. The van der Waals surface area contributed by atoms with Crippen molar-refractivity contribution in [3.8, 4) is 0 Å². The first-order chi connectivity index (χ1) is 12.0. The number of fused-ring (bicyclic) bond motifs is 1. The van der Waals surface area contributed by atoms with Gasteiger partial charge in [0.2, 0.25) is 5.91 Å². The third-order valence-electron chi connectivity index (χ3n) is 5.29. The molecule has 1 aromatic heterocycles. The molecule has 1 aliphatic rings. The Bertz CT molecular complexity index is 727. The van der Waals surface area contributed by atoms with E-state index in [-0.39, 0.29) is 5.91 Å². The highest BCUT2D eigenvalue weighted by molar-refractivity contribution is 5.88. The lowest BCUT2D eigenvalue weighted by Gasteiger charge is -2.22. The molecule has 2 heterocycles. The number of hydrogen-bond acceptors (Lipinski definition) is 3. The molecule has 1 aromatic carbocycles. The van der Waals surface area contributed by atoms with E-state index in [4.69, 9.17) is 4.42 Å². The molecule has 0 spiro atoms. The van der Waals surface area contributed by atoms with E-state index in [0.29, 0.717) is 18.3 Å². The van der Waals surface area contributed by atoms with E-state index in [1.807, 2.05) is 0 Å². The fraction of sp³-hybridized carbons (Fsp3) is 0.571. The van der Waals surface area contributed by atoms with Gasteiger partial charge in [0, 0.05) is 17.5 Å². The molecule has 1 aliphatic heterocycles. The molecule has 3 rings (SSSR count). The molecule has 0 bridgehead atoms. The van der Waals surface area contributed by atoms with Crippen LogP contribution in [0.5, 0.6) is 0 Å². The number of benzene rings is 1. The van der Waals surface area contributed by atoms with Crippen molar-refractivity contribution < 1.29 is 9.21 Å². The van der Waals surface area contributed by atoms with Gasteiger partial charge in [0.15, 0.2) is 0 Å². The van der Waals surface area contributed by atoms with Crippen LogP contribution in [0.1, 0.15) is 55.7 Å². The minimum Gasteiger partial charge on any atom is -0.464 e. The number of hydrogen-bond donors (Lipinski definition) is 2. The maximum Gasteiger partial charge on any atom is 0.224 e. The van der Waals surface area contributed by atoms with Crippen LogP contribution in [0.4, 0.5) is 0 Å². The average molecular weight is 342 g/mol. The van der Waals surface area contributed by atoms with Crippen LogP contribution in [0.3, 0.4) is 0 Å². The SMILES string of the molecule is Cc1cc2occ(CC(=O)NCCC3CCCNC3)c2cc1C(C)C. The Hall–Kier alpha value is -1.81. The Balaban J connectivity index is 1.60. The number of carbonyl (C=O) groups is 1. The predicted octanol–water partition coefficient (Wildman–Crippen LogP) is 3.91. The third kappa shape index (κ3) is 4.43. The number of carbonyl (C=O) groups excluding carboxylic acids is 1. The predicted molar refractivity (Wildman–Crippen MR) is 102 cm³/mol. The van der Waals surface area contributed by atoms with Crippen molar-refractivity contribution >= 4 is 16.9 Å². The lowest BCUT2D eigenvalue weighted by molar-refractivity contribution is -0.120. The summed E-state index contributed by atoms with van der Waals surface area (Å²) in [5.41, 5.74) is 4.42. The Morgan fingerprint density at radius 1 is 1.40 bits per heavy atom. The highest BCUT2D eigenvalue weighted by Crippen LogP contribution is 2.29. The van der Waals surface area contributed by atoms with Gasteiger partial charge in [-0.25, -0.2) is 0 Å². The van der Waals surface area contributed by atoms with Gasteiger partial charge < -0.3 is 15.1 Å². The second-order valence-electron chi connectivity index (χ2n) is 7.65. The van der Waals surface area contributed by atoms with Gasteiger partial charge in [-0.3, -0.25) is 4.79 Å². The zero-order valence-corrected chi connectivity index (χ0v) is 15.7. The zero-order chi connectivity index (χ0) is 17.8. The largest absolute Gasteiger partial charge is 0.464 e. The number of piperidine rings is 1. The molecule has 0 saturated carbocycles. The lowest BCUT2D eigenvalue weighted by atomic mass is 9.95. The summed E-state index contributed by atoms with van der Waals surface area (Å²) in [4.78, 5) is 12.3. The van der Waals surface area contributed by atoms with Crippen LogP contribution in [0.25, 0.3) is 11.0 Å². The van der Waals surface area contributed by atoms with Gasteiger partial charge in [0.1, 0.15) is 5.58 Å². The van der Waals surface area contributed by atoms with E-state index in [0.717, 1.165) is 42.6 Å². The smallest absolute Gasteiger partial charge is 0.224 e. The van der Waals surface area contributed by atoms with Gasteiger partial charge >= 0.3 is 0 Å². The normalized spacial score (nSPS) is 18.0. The highest BCUT2D eigenvalue weighted by Gasteiger charge is 2.15. The maximum atomic E-state index is 12.3. The van der Waals surface area contributed by atoms with Crippen molar-refractivity contribution in [2.45, 2.75) is 52.4 Å². The molecule has 1 saturated heterocycles. The zero-order valence-electron chi connectivity index (χ0n) is 15.7. The fourth-order valence-corrected chi connectivity index (χ4v) is 3.83. The Morgan fingerprint density at radius 3 is 2.96 bits per heavy atom. The molecule has 25 heavy (non-hydrogen) atoms. The first kappa shape index (κ1) is 18.0. The molecular formula is C21H30N2O2. The second kappa shape index (κ2) is 8.05. The molecule has 4 heteroatoms. The number of amides is 1. The topological polar surface area (TPSA) is 54.3 Å². The van der Waals surface area contributed by atoms with E-state index in [2.05, 4.69) is 43.5 Å². The summed E-state index contributed by atoms with van der Waals surface area (Å²) in [6.07, 6.45) is 5.70. The molecule has 4 nitrogen and oxygen atoms in total. The monoisotopic (exact) mass is 342 g/mol. The van der Waals surface area contributed by atoms with Crippen molar-refractivity contribution in [3.63, 3.8) is 0 Å². The number of rotatable bonds is 6. The summed E-state index contributed by atoms with van der Waals surface area (Å²) >= 11 is 0. The summed E-state index contributed by atoms with van der Waals surface area (Å²) in [5, 5.41) is 7.57. The molecular weight excluding hydrogens is 312 g/mol.